The number of hydrogen-bond donors (Lipinski definition) is 0. The Balaban J connectivity index is 2.21. The highest BCUT2D eigenvalue weighted by Gasteiger charge is 2.26. The minimum absolute atomic E-state index is 0.0266. The van der Waals surface area contributed by atoms with E-state index in [1.165, 1.54) is 11.8 Å². The highest BCUT2D eigenvalue weighted by atomic mass is 79.9. The fourth-order valence-electron chi connectivity index (χ4n) is 2.66. The van der Waals surface area contributed by atoms with Gasteiger partial charge >= 0.3 is 0 Å². The second-order valence-electron chi connectivity index (χ2n) is 5.49. The SMILES string of the molecule is CC(=O)CN1C(=O)CN=C(c2ccccc2Cl)c2cc(Br)ccc21. The Hall–Kier alpha value is -1.98. The summed E-state index contributed by atoms with van der Waals surface area (Å²) in [6, 6.07) is 12.9. The molecule has 1 amide bonds. The number of carbonyl (C=O) groups excluding carboxylic acids is 2. The number of carbonyl (C=O) groups is 2. The summed E-state index contributed by atoms with van der Waals surface area (Å²) in [6.07, 6.45) is 0. The van der Waals surface area contributed by atoms with Crippen molar-refractivity contribution in [2.45, 2.75) is 6.92 Å². The van der Waals surface area contributed by atoms with E-state index in [9.17, 15) is 9.59 Å². The number of benzodiazepines with no additional fused rings is 1. The third kappa shape index (κ3) is 3.28. The highest BCUT2D eigenvalue weighted by molar-refractivity contribution is 9.10. The molecule has 1 aliphatic heterocycles. The van der Waals surface area contributed by atoms with Gasteiger partial charge in [-0.05, 0) is 31.2 Å². The fraction of sp³-hybridized carbons (Fsp3) is 0.167. The summed E-state index contributed by atoms with van der Waals surface area (Å²) < 4.78 is 0.859. The third-order valence-electron chi connectivity index (χ3n) is 3.69. The van der Waals surface area contributed by atoms with Gasteiger partial charge in [-0.1, -0.05) is 45.7 Å². The van der Waals surface area contributed by atoms with Gasteiger partial charge < -0.3 is 4.90 Å². The molecule has 2 aromatic carbocycles. The average molecular weight is 406 g/mol. The summed E-state index contributed by atoms with van der Waals surface area (Å²) >= 11 is 9.79. The molecular formula is C18H14BrClN2O2. The number of rotatable bonds is 3. The molecule has 122 valence electrons. The van der Waals surface area contributed by atoms with E-state index in [4.69, 9.17) is 11.6 Å². The second-order valence-corrected chi connectivity index (χ2v) is 6.81. The molecule has 0 fully saturated rings. The van der Waals surface area contributed by atoms with E-state index >= 15 is 0 Å². The van der Waals surface area contributed by atoms with Crippen molar-refractivity contribution in [1.82, 2.24) is 0 Å². The first-order valence-corrected chi connectivity index (χ1v) is 8.53. The molecule has 2 aromatic rings. The maximum atomic E-state index is 12.5. The minimum atomic E-state index is -0.212. The van der Waals surface area contributed by atoms with Gasteiger partial charge in [-0.3, -0.25) is 14.6 Å². The third-order valence-corrected chi connectivity index (χ3v) is 4.51. The van der Waals surface area contributed by atoms with Gasteiger partial charge in [0.2, 0.25) is 5.91 Å². The number of hydrogen-bond acceptors (Lipinski definition) is 3. The van der Waals surface area contributed by atoms with Crippen LogP contribution in [0.15, 0.2) is 51.9 Å². The van der Waals surface area contributed by atoms with Crippen molar-refractivity contribution in [3.63, 3.8) is 0 Å². The molecule has 0 saturated heterocycles. The number of nitrogens with zero attached hydrogens (tertiary/aromatic N) is 2. The zero-order valence-electron chi connectivity index (χ0n) is 12.9. The highest BCUT2D eigenvalue weighted by Crippen LogP contribution is 2.31. The largest absolute Gasteiger partial charge is 0.303 e. The molecule has 4 nitrogen and oxygen atoms in total. The van der Waals surface area contributed by atoms with E-state index in [1.807, 2.05) is 36.4 Å². The molecule has 0 N–H and O–H groups in total. The standard InChI is InChI=1S/C18H14BrClN2O2/c1-11(23)10-22-16-7-6-12(19)8-14(16)18(21-9-17(22)24)13-4-2-3-5-15(13)20/h2-8H,9-10H2,1H3. The van der Waals surface area contributed by atoms with Gasteiger partial charge in [0.05, 0.1) is 17.9 Å². The van der Waals surface area contributed by atoms with Crippen molar-refractivity contribution in [3.8, 4) is 0 Å². The molecule has 0 saturated carbocycles. The van der Waals surface area contributed by atoms with Gasteiger partial charge in [0, 0.05) is 20.6 Å². The quantitative estimate of drug-likeness (QED) is 0.778. The van der Waals surface area contributed by atoms with Gasteiger partial charge in [0.25, 0.3) is 0 Å². The maximum absolute atomic E-state index is 12.5. The summed E-state index contributed by atoms with van der Waals surface area (Å²) in [7, 11) is 0. The Morgan fingerprint density at radius 2 is 2.00 bits per heavy atom. The second kappa shape index (κ2) is 6.87. The Labute approximate surface area is 153 Å². The number of halogens is 2. The predicted octanol–water partition coefficient (Wildman–Crippen LogP) is 3.88. The first kappa shape index (κ1) is 16.9. The number of anilines is 1. The zero-order valence-corrected chi connectivity index (χ0v) is 15.3. The molecule has 0 bridgehead atoms. The average Bonchev–Trinajstić information content (AvgIpc) is 2.66. The molecule has 0 atom stereocenters. The molecule has 6 heteroatoms. The monoisotopic (exact) mass is 404 g/mol. The Kier molecular flexibility index (Phi) is 4.83. The van der Waals surface area contributed by atoms with Crippen LogP contribution < -0.4 is 4.90 Å². The lowest BCUT2D eigenvalue weighted by Gasteiger charge is -2.22. The molecule has 0 radical (unpaired) electrons. The smallest absolute Gasteiger partial charge is 0.249 e. The molecule has 0 unspecified atom stereocenters. The first-order valence-electron chi connectivity index (χ1n) is 7.36. The molecule has 0 aliphatic carbocycles. The molecular weight excluding hydrogens is 392 g/mol. The first-order chi connectivity index (χ1) is 11.5. The number of fused-ring (bicyclic) bond motifs is 1. The van der Waals surface area contributed by atoms with E-state index in [0.717, 1.165) is 15.6 Å². The van der Waals surface area contributed by atoms with Crippen molar-refractivity contribution >= 4 is 50.6 Å². The van der Waals surface area contributed by atoms with E-state index < -0.39 is 0 Å². The molecule has 1 aliphatic rings. The number of benzene rings is 2. The molecule has 3 rings (SSSR count). The van der Waals surface area contributed by atoms with Crippen LogP contribution in [0.5, 0.6) is 0 Å². The van der Waals surface area contributed by atoms with Gasteiger partial charge in [0.15, 0.2) is 0 Å². The molecule has 0 spiro atoms. The van der Waals surface area contributed by atoms with Crippen LogP contribution in [-0.2, 0) is 9.59 Å². The van der Waals surface area contributed by atoms with E-state index in [2.05, 4.69) is 20.9 Å². The van der Waals surface area contributed by atoms with E-state index in [1.54, 1.807) is 6.07 Å². The summed E-state index contributed by atoms with van der Waals surface area (Å²) in [5, 5.41) is 0.564. The van der Waals surface area contributed by atoms with Crippen molar-refractivity contribution < 1.29 is 9.59 Å². The predicted molar refractivity (Wildman–Crippen MR) is 99.1 cm³/mol. The van der Waals surface area contributed by atoms with E-state index in [0.29, 0.717) is 16.4 Å². The van der Waals surface area contributed by atoms with Gasteiger partial charge in [0.1, 0.15) is 12.3 Å². The minimum Gasteiger partial charge on any atom is -0.303 e. The Morgan fingerprint density at radius 3 is 2.71 bits per heavy atom. The number of Topliss-reactive ketones (excluding diaryl/α,β-unsaturated/α-hetero) is 1. The summed E-state index contributed by atoms with van der Waals surface area (Å²) in [5.74, 6) is -0.297. The van der Waals surface area contributed by atoms with Crippen molar-refractivity contribution in [2.75, 3.05) is 18.0 Å². The molecule has 0 aromatic heterocycles. The summed E-state index contributed by atoms with van der Waals surface area (Å²) in [5.41, 5.74) is 2.84. The van der Waals surface area contributed by atoms with Crippen LogP contribution in [-0.4, -0.2) is 30.5 Å². The van der Waals surface area contributed by atoms with Crippen LogP contribution in [0.1, 0.15) is 18.1 Å². The van der Waals surface area contributed by atoms with Crippen molar-refractivity contribution in [2.24, 2.45) is 4.99 Å². The summed E-state index contributed by atoms with van der Waals surface area (Å²) in [4.78, 5) is 30.0. The number of aliphatic imine (C=N–C) groups is 1. The Bertz CT molecular complexity index is 864. The van der Waals surface area contributed by atoms with Gasteiger partial charge in [-0.2, -0.15) is 0 Å². The van der Waals surface area contributed by atoms with Gasteiger partial charge in [-0.25, -0.2) is 0 Å². The lowest BCUT2D eigenvalue weighted by Crippen LogP contribution is -2.36. The van der Waals surface area contributed by atoms with Crippen LogP contribution in [0.4, 0.5) is 5.69 Å². The zero-order chi connectivity index (χ0) is 17.3. The van der Waals surface area contributed by atoms with Crippen LogP contribution in [0.3, 0.4) is 0 Å². The lowest BCUT2D eigenvalue weighted by atomic mass is 10.00. The Morgan fingerprint density at radius 1 is 1.25 bits per heavy atom. The van der Waals surface area contributed by atoms with Crippen LogP contribution >= 0.6 is 27.5 Å². The van der Waals surface area contributed by atoms with Crippen LogP contribution in [0, 0.1) is 0 Å². The molecule has 24 heavy (non-hydrogen) atoms. The van der Waals surface area contributed by atoms with Crippen LogP contribution in [0.2, 0.25) is 5.02 Å². The van der Waals surface area contributed by atoms with E-state index in [-0.39, 0.29) is 24.8 Å². The maximum Gasteiger partial charge on any atom is 0.249 e. The van der Waals surface area contributed by atoms with Crippen LogP contribution in [0.25, 0.3) is 0 Å². The normalized spacial score (nSPS) is 14.0. The van der Waals surface area contributed by atoms with Crippen molar-refractivity contribution in [3.05, 3.63) is 63.1 Å². The lowest BCUT2D eigenvalue weighted by molar-refractivity contribution is -0.121. The topological polar surface area (TPSA) is 49.7 Å². The van der Waals surface area contributed by atoms with Gasteiger partial charge in [-0.15, -0.1) is 0 Å². The fourth-order valence-corrected chi connectivity index (χ4v) is 3.25. The van der Waals surface area contributed by atoms with Crippen molar-refractivity contribution in [1.29, 1.82) is 0 Å². The summed E-state index contributed by atoms with van der Waals surface area (Å²) in [6.45, 7) is 1.46. The number of ketones is 1. The molecule has 1 heterocycles. The number of amides is 1.